The van der Waals surface area contributed by atoms with Crippen molar-refractivity contribution >= 4 is 42.2 Å². The van der Waals surface area contributed by atoms with E-state index in [4.69, 9.17) is 35.9 Å². The second kappa shape index (κ2) is 52.3. The number of aliphatic carboxylic acids is 1. The molecule has 0 aromatic heterocycles. The summed E-state index contributed by atoms with van der Waals surface area (Å²) in [6.45, 7) is 11.7. The van der Waals surface area contributed by atoms with Crippen molar-refractivity contribution in [2.75, 3.05) is 85.1 Å². The molecular formula is C84H112N8O17. The fourth-order valence-corrected chi connectivity index (χ4v) is 11.1. The topological polar surface area (TPSA) is 376 Å². The lowest BCUT2D eigenvalue weighted by molar-refractivity contribution is -0.151. The Balaban J connectivity index is 0.000000383. The molecule has 0 spiro atoms. The SMILES string of the molecule is Cc1ccc(CCC(=O)NCCCN(CCCCN(CCCN)C(=O)CCc2ccc(OCc3ccccc3)c(OCc3ccccc3)c2)C(=O)OCc2ccccc2)cc1C.NCCCN(CCCCNCCCNC(=O)CCc1ccc(O)c(O)c1)C(=O)CCc1ccc(O)c(O)c1.O=COCC(O)C(=O)O. The smallest absolute Gasteiger partial charge is 0.410 e. The molecule has 0 aliphatic carbocycles. The highest BCUT2D eigenvalue weighted by Gasteiger charge is 2.20. The van der Waals surface area contributed by atoms with Crippen molar-refractivity contribution in [3.05, 3.63) is 214 Å². The van der Waals surface area contributed by atoms with E-state index in [1.165, 1.54) is 35.4 Å². The van der Waals surface area contributed by atoms with Crippen molar-refractivity contribution in [3.8, 4) is 34.5 Å². The van der Waals surface area contributed by atoms with Crippen LogP contribution in [-0.2, 0) is 83.7 Å². The Morgan fingerprint density at radius 3 is 1.35 bits per heavy atom. The number of nitrogens with one attached hydrogen (secondary N) is 3. The minimum Gasteiger partial charge on any atom is -0.504 e. The Hall–Kier alpha value is -10.7. The van der Waals surface area contributed by atoms with E-state index in [0.717, 1.165) is 77.7 Å². The average Bonchev–Trinajstić information content (AvgIpc) is 0.848. The van der Waals surface area contributed by atoms with Crippen molar-refractivity contribution in [2.24, 2.45) is 11.5 Å². The summed E-state index contributed by atoms with van der Waals surface area (Å²) in [5.74, 6) is -0.787. The van der Waals surface area contributed by atoms with Crippen molar-refractivity contribution < 1.29 is 83.1 Å². The number of hydrogen-bond donors (Lipinski definition) is 11. The molecule has 590 valence electrons. The molecule has 0 aliphatic rings. The molecule has 1 unspecified atom stereocenters. The number of rotatable bonds is 48. The van der Waals surface area contributed by atoms with Crippen LogP contribution in [-0.4, -0.2) is 179 Å². The molecule has 0 saturated carbocycles. The maximum atomic E-state index is 13.7. The van der Waals surface area contributed by atoms with E-state index < -0.39 is 24.8 Å². The van der Waals surface area contributed by atoms with Crippen LogP contribution < -0.4 is 36.9 Å². The summed E-state index contributed by atoms with van der Waals surface area (Å²) in [5.41, 5.74) is 20.7. The fourth-order valence-electron chi connectivity index (χ4n) is 11.1. The number of carboxylic acid groups (broad SMARTS) is 1. The molecule has 13 N–H and O–H groups in total. The zero-order chi connectivity index (χ0) is 78.8. The number of carbonyl (C=O) groups excluding carboxylic acids is 6. The Labute approximate surface area is 640 Å². The van der Waals surface area contributed by atoms with E-state index in [9.17, 15) is 54.0 Å². The number of aliphatic hydroxyl groups is 1. The van der Waals surface area contributed by atoms with Gasteiger partial charge in [-0.3, -0.25) is 24.0 Å². The zero-order valence-corrected chi connectivity index (χ0v) is 63.0. The summed E-state index contributed by atoms with van der Waals surface area (Å²) in [5, 5.41) is 63.5. The first kappa shape index (κ1) is 88.9. The lowest BCUT2D eigenvalue weighted by Crippen LogP contribution is -2.37. The monoisotopic (exact) mass is 1500 g/mol. The summed E-state index contributed by atoms with van der Waals surface area (Å²) < 4.78 is 22.1. The molecule has 0 saturated heterocycles. The van der Waals surface area contributed by atoms with Crippen LogP contribution in [0.1, 0.15) is 127 Å². The molecule has 7 rings (SSSR count). The van der Waals surface area contributed by atoms with Crippen LogP contribution in [0.2, 0.25) is 0 Å². The minimum absolute atomic E-state index is 0.00892. The van der Waals surface area contributed by atoms with E-state index in [1.807, 2.05) is 119 Å². The first-order valence-corrected chi connectivity index (χ1v) is 37.4. The highest BCUT2D eigenvalue weighted by atomic mass is 16.6. The van der Waals surface area contributed by atoms with Gasteiger partial charge in [0.25, 0.3) is 6.47 Å². The van der Waals surface area contributed by atoms with Crippen LogP contribution in [0.5, 0.6) is 34.5 Å². The molecule has 25 nitrogen and oxygen atoms in total. The van der Waals surface area contributed by atoms with Crippen LogP contribution in [0.3, 0.4) is 0 Å². The first-order chi connectivity index (χ1) is 52.7. The molecular weight excluding hydrogens is 1390 g/mol. The van der Waals surface area contributed by atoms with E-state index in [-0.39, 0.29) is 59.7 Å². The van der Waals surface area contributed by atoms with Gasteiger partial charge in [0.1, 0.15) is 26.4 Å². The van der Waals surface area contributed by atoms with Crippen LogP contribution >= 0.6 is 0 Å². The van der Waals surface area contributed by atoms with Crippen molar-refractivity contribution in [3.63, 3.8) is 0 Å². The second-order valence-electron chi connectivity index (χ2n) is 26.3. The third-order valence-electron chi connectivity index (χ3n) is 17.6. The highest BCUT2D eigenvalue weighted by molar-refractivity contribution is 5.78. The lowest BCUT2D eigenvalue weighted by atomic mass is 10.0. The molecule has 0 heterocycles. The normalized spacial score (nSPS) is 10.9. The quantitative estimate of drug-likeness (QED) is 0.00959. The van der Waals surface area contributed by atoms with Crippen molar-refractivity contribution in [1.29, 1.82) is 0 Å². The first-order valence-electron chi connectivity index (χ1n) is 37.4. The lowest BCUT2D eigenvalue weighted by Gasteiger charge is -2.25. The summed E-state index contributed by atoms with van der Waals surface area (Å²) in [4.78, 5) is 89.0. The third kappa shape index (κ3) is 37.1. The molecule has 7 aromatic carbocycles. The van der Waals surface area contributed by atoms with E-state index in [0.29, 0.717) is 167 Å². The van der Waals surface area contributed by atoms with Gasteiger partial charge in [0.05, 0.1) is 0 Å². The van der Waals surface area contributed by atoms with Gasteiger partial charge in [-0.15, -0.1) is 0 Å². The maximum Gasteiger partial charge on any atom is 0.410 e. The number of aryl methyl sites for hydroxylation is 6. The summed E-state index contributed by atoms with van der Waals surface area (Å²) >= 11 is 0. The van der Waals surface area contributed by atoms with Crippen molar-refractivity contribution in [2.45, 2.75) is 143 Å². The molecule has 0 bridgehead atoms. The number of phenolic OH excluding ortho intramolecular Hbond substituents is 4. The number of unbranched alkanes of at least 4 members (excludes halogenated alkanes) is 2. The van der Waals surface area contributed by atoms with Gasteiger partial charge in [0, 0.05) is 78.0 Å². The van der Waals surface area contributed by atoms with Crippen LogP contribution in [0, 0.1) is 13.8 Å². The Morgan fingerprint density at radius 2 is 0.853 bits per heavy atom. The summed E-state index contributed by atoms with van der Waals surface area (Å²) in [6, 6.07) is 51.0. The zero-order valence-electron chi connectivity index (χ0n) is 63.0. The van der Waals surface area contributed by atoms with E-state index in [2.05, 4.69) is 52.7 Å². The maximum absolute atomic E-state index is 13.7. The number of aliphatic hydroxyl groups excluding tert-OH is 1. The fraction of sp³-hybridized carbons (Fsp3) is 0.417. The Kier molecular flexibility index (Phi) is 42.7. The standard InChI is InChI=1S/C52H64N4O6.C28H42N4O6.C4H6O5/c1-41-22-23-43(36-42(41)2)25-28-50(57)54-31-15-35-56(52(59)62-40-47-20-10-5-11-21-47)33-13-12-32-55(34-14-30-53)51(58)29-26-44-24-27-48(60-38-45-16-6-3-7-17-45)49(37-44)61-39-46-18-8-4-9-19-46;29-13-3-18-32(28(38)12-8-22-6-10-24(34)26(36)20-22)17-2-1-14-30-15-4-16-31-27(37)11-7-21-5-9-23(33)25(35)19-21;5-2-9-1-3(6)4(7)8/h3-11,16-24,27,36-37H,12-15,25-26,28-35,38-40,53H2,1-2H3,(H,54,57);5-6,9-10,19-20,30,33-36H,1-4,7-8,11-18,29H2,(H,31,37);2-3,6H,1H2,(H,7,8). The number of phenols is 4. The van der Waals surface area contributed by atoms with Gasteiger partial charge < -0.3 is 91.7 Å². The van der Waals surface area contributed by atoms with E-state index in [1.54, 1.807) is 17.0 Å². The average molecular weight is 1510 g/mol. The van der Waals surface area contributed by atoms with Gasteiger partial charge in [-0.25, -0.2) is 9.59 Å². The molecule has 5 amide bonds. The number of hydrogen-bond acceptors (Lipinski definition) is 19. The largest absolute Gasteiger partial charge is 0.504 e. The van der Waals surface area contributed by atoms with Gasteiger partial charge >= 0.3 is 12.1 Å². The number of carboxylic acids is 1. The van der Waals surface area contributed by atoms with Gasteiger partial charge in [0.2, 0.25) is 23.6 Å². The number of nitrogens with zero attached hydrogens (tertiary/aromatic N) is 3. The number of amides is 5. The van der Waals surface area contributed by atoms with Gasteiger partial charge in [-0.1, -0.05) is 127 Å². The highest BCUT2D eigenvalue weighted by Crippen LogP contribution is 2.32. The van der Waals surface area contributed by atoms with Gasteiger partial charge in [0.15, 0.2) is 40.6 Å². The van der Waals surface area contributed by atoms with Crippen LogP contribution in [0.25, 0.3) is 0 Å². The summed E-state index contributed by atoms with van der Waals surface area (Å²) in [6.07, 6.45) is 7.60. The Morgan fingerprint density at radius 1 is 0.431 bits per heavy atom. The van der Waals surface area contributed by atoms with E-state index >= 15 is 0 Å². The van der Waals surface area contributed by atoms with Gasteiger partial charge in [-0.05, 0) is 204 Å². The third-order valence-corrected chi connectivity index (χ3v) is 17.6. The molecule has 1 atom stereocenters. The molecule has 7 aromatic rings. The minimum atomic E-state index is -1.62. The number of benzene rings is 7. The predicted octanol–water partition coefficient (Wildman–Crippen LogP) is 9.86. The summed E-state index contributed by atoms with van der Waals surface area (Å²) in [7, 11) is 0. The molecule has 0 aliphatic heterocycles. The predicted molar refractivity (Wildman–Crippen MR) is 418 cm³/mol. The van der Waals surface area contributed by atoms with Crippen LogP contribution in [0.4, 0.5) is 4.79 Å². The number of carbonyl (C=O) groups is 7. The van der Waals surface area contributed by atoms with Crippen LogP contribution in [0.15, 0.2) is 164 Å². The van der Waals surface area contributed by atoms with Gasteiger partial charge in [-0.2, -0.15) is 0 Å². The number of ether oxygens (including phenoxy) is 4. The molecule has 0 radical (unpaired) electrons. The Bertz CT molecular complexity index is 3820. The molecule has 0 fully saturated rings. The number of aromatic hydroxyl groups is 4. The molecule has 109 heavy (non-hydrogen) atoms. The second-order valence-corrected chi connectivity index (χ2v) is 26.3. The van der Waals surface area contributed by atoms with Crippen molar-refractivity contribution in [1.82, 2.24) is 30.7 Å². The molecule has 25 heteroatoms. The number of nitrogens with two attached hydrogens (primary N) is 2.